The van der Waals surface area contributed by atoms with Gasteiger partial charge in [-0.05, 0) is 125 Å². The van der Waals surface area contributed by atoms with Gasteiger partial charge < -0.3 is 44.2 Å². The van der Waals surface area contributed by atoms with Gasteiger partial charge in [-0.2, -0.15) is 0 Å². The number of aromatic amines is 3. The SMILES string of the molecule is CC(=O)N1CC[C@H]2CC(N(C)c3ncnc4[nH]ccc34)C[C@@]2(C)C1.CN(c1ncnc2[nH]ccc12)C1C[C@@H]2CCN(C(=O)OC(C)(C)C)C[C@@H]2C1.CN(c1ncnc2[nH]ccc12)C1C[C@H]2CCCC[C@H]2C1.Cl. The zero-order valence-corrected chi connectivity index (χ0v) is 44.5. The van der Waals surface area contributed by atoms with Crippen molar-refractivity contribution in [2.24, 2.45) is 35.0 Å². The molecule has 8 heterocycles. The van der Waals surface area contributed by atoms with Crippen LogP contribution in [0.1, 0.15) is 112 Å². The van der Waals surface area contributed by atoms with Crippen molar-refractivity contribution in [2.75, 3.05) is 62.0 Å². The first kappa shape index (κ1) is 51.2. The van der Waals surface area contributed by atoms with Gasteiger partial charge in [0.1, 0.15) is 59.0 Å². The molecule has 6 aromatic heterocycles. The van der Waals surface area contributed by atoms with Crippen LogP contribution in [-0.2, 0) is 9.53 Å². The molecular weight excluding hydrogens is 928 g/mol. The van der Waals surface area contributed by atoms with Crippen LogP contribution in [0.4, 0.5) is 22.2 Å². The monoisotopic (exact) mass is 1000 g/mol. The fourth-order valence-corrected chi connectivity index (χ4v) is 13.7. The summed E-state index contributed by atoms with van der Waals surface area (Å²) in [5.41, 5.74) is 2.47. The predicted octanol–water partition coefficient (Wildman–Crippen LogP) is 9.65. The maximum atomic E-state index is 12.4. The Bertz CT molecular complexity index is 2790. The molecule has 2 amide bonds. The van der Waals surface area contributed by atoms with E-state index in [4.69, 9.17) is 4.74 Å². The van der Waals surface area contributed by atoms with E-state index in [2.05, 4.69) is 93.7 Å². The number of H-pyrrole nitrogens is 3. The van der Waals surface area contributed by atoms with E-state index in [1.807, 2.05) is 61.3 Å². The van der Waals surface area contributed by atoms with E-state index in [0.717, 1.165) is 121 Å². The van der Waals surface area contributed by atoms with Crippen LogP contribution in [0.15, 0.2) is 55.8 Å². The summed E-state index contributed by atoms with van der Waals surface area (Å²) in [5.74, 6) is 7.06. The largest absolute Gasteiger partial charge is 0.444 e. The zero-order chi connectivity index (χ0) is 49.6. The number of fused-ring (bicyclic) bond motifs is 6. The lowest BCUT2D eigenvalue weighted by Gasteiger charge is -2.42. The number of hydrogen-bond acceptors (Lipinski definition) is 12. The molecule has 0 aromatic carbocycles. The Morgan fingerprint density at radius 2 is 1.07 bits per heavy atom. The quantitative estimate of drug-likeness (QED) is 0.144. The number of ether oxygens (including phenoxy) is 1. The van der Waals surface area contributed by atoms with Gasteiger partial charge in [0.05, 0.1) is 16.2 Å². The second kappa shape index (κ2) is 21.0. The van der Waals surface area contributed by atoms with E-state index in [9.17, 15) is 9.59 Å². The highest BCUT2D eigenvalue weighted by atomic mass is 35.5. The fourth-order valence-electron chi connectivity index (χ4n) is 13.7. The Morgan fingerprint density at radius 3 is 1.54 bits per heavy atom. The number of nitrogens with zero attached hydrogens (tertiary/aromatic N) is 11. The Kier molecular flexibility index (Phi) is 15.0. The lowest BCUT2D eigenvalue weighted by molar-refractivity contribution is -0.133. The van der Waals surface area contributed by atoms with E-state index >= 15 is 0 Å². The van der Waals surface area contributed by atoms with Crippen molar-refractivity contribution in [2.45, 2.75) is 135 Å². The number of piperidine rings is 2. The first-order valence-corrected chi connectivity index (χ1v) is 26.4. The molecule has 18 heteroatoms. The first-order chi connectivity index (χ1) is 34.1. The van der Waals surface area contributed by atoms with Crippen LogP contribution < -0.4 is 14.7 Å². The normalized spacial score (nSPS) is 27.7. The maximum absolute atomic E-state index is 12.4. The minimum atomic E-state index is -0.443. The van der Waals surface area contributed by atoms with Gasteiger partial charge in [-0.1, -0.05) is 32.6 Å². The summed E-state index contributed by atoms with van der Waals surface area (Å²) in [7, 11) is 6.47. The number of rotatable bonds is 6. The number of carbonyl (C=O) groups is 2. The molecule has 2 saturated heterocycles. The third-order valence-corrected chi connectivity index (χ3v) is 17.5. The second-order valence-electron chi connectivity index (χ2n) is 23.1. The molecule has 4 saturated carbocycles. The molecule has 2 aliphatic heterocycles. The molecule has 0 bridgehead atoms. The highest BCUT2D eigenvalue weighted by Crippen LogP contribution is 2.50. The van der Waals surface area contributed by atoms with Crippen molar-refractivity contribution in [1.82, 2.24) is 54.7 Å². The van der Waals surface area contributed by atoms with Gasteiger partial charge in [0.25, 0.3) is 0 Å². The van der Waals surface area contributed by atoms with Gasteiger partial charge in [0, 0.05) is 91.0 Å². The van der Waals surface area contributed by atoms with Gasteiger partial charge in [0.15, 0.2) is 0 Å². The van der Waals surface area contributed by atoms with Gasteiger partial charge >= 0.3 is 6.09 Å². The molecule has 9 atom stereocenters. The average molecular weight is 1010 g/mol. The van der Waals surface area contributed by atoms with Crippen molar-refractivity contribution in [1.29, 1.82) is 0 Å². The van der Waals surface area contributed by atoms with Crippen LogP contribution in [0.25, 0.3) is 33.1 Å². The Hall–Kier alpha value is -5.71. The molecule has 72 heavy (non-hydrogen) atoms. The number of aromatic nitrogens is 9. The highest BCUT2D eigenvalue weighted by molar-refractivity contribution is 5.89. The van der Waals surface area contributed by atoms with Crippen molar-refractivity contribution >= 4 is 75.0 Å². The average Bonchev–Trinajstić information content (AvgIpc) is 4.22. The first-order valence-electron chi connectivity index (χ1n) is 26.4. The summed E-state index contributed by atoms with van der Waals surface area (Å²) in [6.07, 6.45) is 25.6. The highest BCUT2D eigenvalue weighted by Gasteiger charge is 2.49. The molecule has 6 aliphatic rings. The summed E-state index contributed by atoms with van der Waals surface area (Å²) in [4.78, 5) is 71.1. The zero-order valence-electron chi connectivity index (χ0n) is 43.7. The topological polar surface area (TPSA) is 184 Å². The van der Waals surface area contributed by atoms with E-state index in [1.54, 1.807) is 25.9 Å². The molecule has 0 radical (unpaired) electrons. The van der Waals surface area contributed by atoms with Crippen molar-refractivity contribution in [3.05, 3.63) is 55.8 Å². The molecule has 12 rings (SSSR count). The molecule has 6 aromatic rings. The van der Waals surface area contributed by atoms with Crippen molar-refractivity contribution < 1.29 is 14.3 Å². The molecule has 0 spiro atoms. The Morgan fingerprint density at radius 1 is 0.625 bits per heavy atom. The summed E-state index contributed by atoms with van der Waals surface area (Å²) in [6.45, 7) is 13.2. The number of carbonyl (C=O) groups excluding carboxylic acids is 2. The molecular formula is C54H77ClN14O3. The van der Waals surface area contributed by atoms with Gasteiger partial charge in [0.2, 0.25) is 5.91 Å². The van der Waals surface area contributed by atoms with Crippen LogP contribution >= 0.6 is 12.4 Å². The van der Waals surface area contributed by atoms with E-state index in [0.29, 0.717) is 35.9 Å². The van der Waals surface area contributed by atoms with Crippen LogP contribution in [0.5, 0.6) is 0 Å². The lowest BCUT2D eigenvalue weighted by atomic mass is 9.75. The summed E-state index contributed by atoms with van der Waals surface area (Å²) in [6, 6.07) is 7.71. The van der Waals surface area contributed by atoms with Crippen LogP contribution in [0.3, 0.4) is 0 Å². The van der Waals surface area contributed by atoms with Gasteiger partial charge in [-0.3, -0.25) is 4.79 Å². The second-order valence-corrected chi connectivity index (χ2v) is 23.1. The lowest BCUT2D eigenvalue weighted by Crippen LogP contribution is -2.46. The summed E-state index contributed by atoms with van der Waals surface area (Å²) >= 11 is 0. The number of amides is 2. The number of halogens is 1. The van der Waals surface area contributed by atoms with E-state index < -0.39 is 5.60 Å². The van der Waals surface area contributed by atoms with Gasteiger partial charge in [-0.25, -0.2) is 34.7 Å². The molecule has 3 unspecified atom stereocenters. The number of likely N-dealkylation sites (tertiary alicyclic amines) is 2. The number of anilines is 3. The van der Waals surface area contributed by atoms with Crippen molar-refractivity contribution in [3.63, 3.8) is 0 Å². The molecule has 17 nitrogen and oxygen atoms in total. The third-order valence-electron chi connectivity index (χ3n) is 17.5. The van der Waals surface area contributed by atoms with Crippen LogP contribution in [0, 0.1) is 35.0 Å². The van der Waals surface area contributed by atoms with E-state index in [1.165, 1.54) is 44.9 Å². The van der Waals surface area contributed by atoms with Crippen LogP contribution in [-0.4, -0.2) is 138 Å². The van der Waals surface area contributed by atoms with E-state index in [-0.39, 0.29) is 29.8 Å². The predicted molar refractivity (Wildman–Crippen MR) is 287 cm³/mol. The maximum Gasteiger partial charge on any atom is 0.410 e. The Labute approximate surface area is 430 Å². The minimum absolute atomic E-state index is 0. The standard InChI is InChI=1S/C20H29N5O2.C18H25N5O.C16H22N4.ClH/c1-20(2,3)27-19(26)25-8-6-13-9-15(10-14(13)11-25)24(4)18-16-5-7-21-17(16)22-12-23-18;1-12(24)23-7-5-13-8-14(9-18(13,2)10-23)22(3)17-15-4-6-19-16(15)20-11-21-17;1-20(13-8-11-4-2-3-5-12(11)9-13)16-14-6-7-17-15(14)18-10-19-16;/h5,7,12-15H,6,8-11H2,1-4H3,(H,21,22,23);4,6,11,13-14H,5,7-10H2,1-3H3,(H,19,20,21);6-7,10-13H,2-5,8-9H2,1H3,(H,17,18,19);1H/t13-,14-,15?;13-,14?,18-;11-,12+,13?;/m00../s1. The Balaban J connectivity index is 0.000000134. The van der Waals surface area contributed by atoms with Gasteiger partial charge in [-0.15, -0.1) is 12.4 Å². The number of nitrogens with one attached hydrogen (secondary N) is 3. The third kappa shape index (κ3) is 10.5. The minimum Gasteiger partial charge on any atom is -0.444 e. The van der Waals surface area contributed by atoms with Crippen molar-refractivity contribution in [3.8, 4) is 0 Å². The summed E-state index contributed by atoms with van der Waals surface area (Å²) in [5, 5.41) is 3.28. The smallest absolute Gasteiger partial charge is 0.410 e. The molecule has 388 valence electrons. The summed E-state index contributed by atoms with van der Waals surface area (Å²) < 4.78 is 5.56. The van der Waals surface area contributed by atoms with Crippen LogP contribution in [0.2, 0.25) is 0 Å². The molecule has 6 fully saturated rings. The fraction of sp³-hybridized carbons (Fsp3) is 0.630. The molecule has 4 aliphatic carbocycles. The number of hydrogen-bond donors (Lipinski definition) is 3. The molecule has 3 N–H and O–H groups in total.